The number of nitrogens with zero attached hydrogens (tertiary/aromatic N) is 4. The van der Waals surface area contributed by atoms with E-state index in [1.165, 1.54) is 5.56 Å². The van der Waals surface area contributed by atoms with Gasteiger partial charge in [0.05, 0.1) is 31.3 Å². The summed E-state index contributed by atoms with van der Waals surface area (Å²) in [6.07, 6.45) is 1.60. The van der Waals surface area contributed by atoms with Crippen LogP contribution in [-0.4, -0.2) is 72.2 Å². The first kappa shape index (κ1) is 23.2. The third kappa shape index (κ3) is 5.11. The van der Waals surface area contributed by atoms with Crippen molar-refractivity contribution in [2.24, 2.45) is 0 Å². The molecule has 5 rings (SSSR count). The molecule has 1 fully saturated rings. The van der Waals surface area contributed by atoms with E-state index in [2.05, 4.69) is 27.0 Å². The summed E-state index contributed by atoms with van der Waals surface area (Å²) in [7, 11) is 1.64. The average Bonchev–Trinajstić information content (AvgIpc) is 3.52. The molecular weight excluding hydrogens is 448 g/mol. The summed E-state index contributed by atoms with van der Waals surface area (Å²) in [6.45, 7) is 7.54. The third-order valence-electron chi connectivity index (χ3n) is 6.36. The van der Waals surface area contributed by atoms with Gasteiger partial charge in [0.25, 0.3) is 0 Å². The number of methoxy groups -OCH3 is 1. The fourth-order valence-corrected chi connectivity index (χ4v) is 4.47. The summed E-state index contributed by atoms with van der Waals surface area (Å²) >= 11 is 0. The highest BCUT2D eigenvalue weighted by Gasteiger charge is 2.24. The normalized spacial score (nSPS) is 15.8. The number of benzene rings is 2. The molecule has 0 N–H and O–H groups in total. The van der Waals surface area contributed by atoms with Gasteiger partial charge in [0.1, 0.15) is 11.3 Å². The Bertz CT molecular complexity index is 1170. The molecule has 3 heterocycles. The number of piperazine rings is 1. The van der Waals surface area contributed by atoms with Gasteiger partial charge in [-0.2, -0.15) is 5.10 Å². The molecule has 9 heteroatoms. The van der Waals surface area contributed by atoms with Crippen molar-refractivity contribution in [1.29, 1.82) is 0 Å². The molecule has 2 aromatic carbocycles. The predicted molar refractivity (Wildman–Crippen MR) is 129 cm³/mol. The summed E-state index contributed by atoms with van der Waals surface area (Å²) < 4.78 is 23.3. The van der Waals surface area contributed by atoms with Crippen molar-refractivity contribution >= 4 is 5.97 Å². The maximum absolute atomic E-state index is 12.6. The number of esters is 1. The highest BCUT2D eigenvalue weighted by atomic mass is 16.7. The van der Waals surface area contributed by atoms with Crippen LogP contribution in [0.15, 0.2) is 48.7 Å². The lowest BCUT2D eigenvalue weighted by Crippen LogP contribution is -2.45. The van der Waals surface area contributed by atoms with Crippen LogP contribution < -0.4 is 14.2 Å². The molecule has 0 amide bonds. The summed E-state index contributed by atoms with van der Waals surface area (Å²) in [5, 5.41) is 4.53. The van der Waals surface area contributed by atoms with Crippen molar-refractivity contribution < 1.29 is 23.7 Å². The number of carbonyl (C=O) groups is 1. The van der Waals surface area contributed by atoms with Crippen molar-refractivity contribution in [3.05, 3.63) is 65.5 Å². The number of aromatic nitrogens is 2. The van der Waals surface area contributed by atoms with E-state index in [9.17, 15) is 4.79 Å². The van der Waals surface area contributed by atoms with Crippen molar-refractivity contribution in [1.82, 2.24) is 19.6 Å². The second-order valence-electron chi connectivity index (χ2n) is 8.58. The van der Waals surface area contributed by atoms with Crippen LogP contribution in [0.5, 0.6) is 17.2 Å². The van der Waals surface area contributed by atoms with Gasteiger partial charge in [-0.25, -0.2) is 9.48 Å². The average molecular weight is 479 g/mol. The molecular formula is C26H30N4O5. The van der Waals surface area contributed by atoms with Gasteiger partial charge in [0.15, 0.2) is 11.5 Å². The fourth-order valence-electron chi connectivity index (χ4n) is 4.47. The SMILES string of the molecule is CCOC(=O)c1cnn(-c2ccc(OC)cc2)c1CN1CCN(Cc2ccc3c(c2)OCO3)CC1. The lowest BCUT2D eigenvalue weighted by molar-refractivity contribution is 0.0522. The van der Waals surface area contributed by atoms with Crippen LogP contribution in [0, 0.1) is 0 Å². The number of rotatable bonds is 8. The van der Waals surface area contributed by atoms with E-state index in [0.717, 1.165) is 61.4 Å². The second kappa shape index (κ2) is 10.4. The standard InChI is InChI=1S/C26H30N4O5/c1-3-33-26(31)22-15-27-30(20-5-7-21(32-2)8-6-20)23(22)17-29-12-10-28(11-13-29)16-19-4-9-24-25(14-19)35-18-34-24/h4-9,14-15H,3,10-13,16-18H2,1-2H3. The van der Waals surface area contributed by atoms with Crippen molar-refractivity contribution in [3.63, 3.8) is 0 Å². The van der Waals surface area contributed by atoms with Gasteiger partial charge in [-0.15, -0.1) is 0 Å². The number of hydrogen-bond acceptors (Lipinski definition) is 8. The van der Waals surface area contributed by atoms with Crippen LogP contribution in [-0.2, 0) is 17.8 Å². The van der Waals surface area contributed by atoms with Crippen molar-refractivity contribution in [3.8, 4) is 22.9 Å². The largest absolute Gasteiger partial charge is 0.497 e. The van der Waals surface area contributed by atoms with Crippen LogP contribution in [0.1, 0.15) is 28.5 Å². The number of hydrogen-bond donors (Lipinski definition) is 0. The molecule has 9 nitrogen and oxygen atoms in total. The van der Waals surface area contributed by atoms with Gasteiger partial charge in [0, 0.05) is 39.3 Å². The first-order valence-corrected chi connectivity index (χ1v) is 11.9. The molecule has 2 aliphatic heterocycles. The quantitative estimate of drug-likeness (QED) is 0.457. The van der Waals surface area contributed by atoms with Gasteiger partial charge in [-0.05, 0) is 48.9 Å². The Morgan fingerprint density at radius 2 is 1.69 bits per heavy atom. The molecule has 3 aromatic rings. The smallest absolute Gasteiger partial charge is 0.341 e. The van der Waals surface area contributed by atoms with Crippen LogP contribution >= 0.6 is 0 Å². The first-order chi connectivity index (χ1) is 17.1. The minimum absolute atomic E-state index is 0.290. The summed E-state index contributed by atoms with van der Waals surface area (Å²) in [5.41, 5.74) is 3.42. The first-order valence-electron chi connectivity index (χ1n) is 11.9. The molecule has 0 radical (unpaired) electrons. The Kier molecular flexibility index (Phi) is 6.87. The summed E-state index contributed by atoms with van der Waals surface area (Å²) in [4.78, 5) is 17.4. The number of ether oxygens (including phenoxy) is 4. The van der Waals surface area contributed by atoms with Gasteiger partial charge in [-0.1, -0.05) is 6.07 Å². The molecule has 0 spiro atoms. The van der Waals surface area contributed by atoms with Crippen LogP contribution in [0.25, 0.3) is 5.69 Å². The molecule has 184 valence electrons. The lowest BCUT2D eigenvalue weighted by atomic mass is 10.1. The van der Waals surface area contributed by atoms with Crippen LogP contribution in [0.3, 0.4) is 0 Å². The van der Waals surface area contributed by atoms with E-state index in [1.807, 2.05) is 41.9 Å². The molecule has 35 heavy (non-hydrogen) atoms. The Hall–Kier alpha value is -3.56. The Morgan fingerprint density at radius 3 is 2.40 bits per heavy atom. The van der Waals surface area contributed by atoms with E-state index in [-0.39, 0.29) is 5.97 Å². The predicted octanol–water partition coefficient (Wildman–Crippen LogP) is 3.10. The highest BCUT2D eigenvalue weighted by Crippen LogP contribution is 2.33. The zero-order valence-corrected chi connectivity index (χ0v) is 20.1. The number of carbonyl (C=O) groups excluding carboxylic acids is 1. The Balaban J connectivity index is 1.27. The topological polar surface area (TPSA) is 78.3 Å². The van der Waals surface area contributed by atoms with E-state index < -0.39 is 0 Å². The van der Waals surface area contributed by atoms with E-state index >= 15 is 0 Å². The summed E-state index contributed by atoms with van der Waals surface area (Å²) in [5.74, 6) is 2.05. The maximum Gasteiger partial charge on any atom is 0.341 e. The zero-order chi connectivity index (χ0) is 24.2. The highest BCUT2D eigenvalue weighted by molar-refractivity contribution is 5.90. The second-order valence-corrected chi connectivity index (χ2v) is 8.58. The zero-order valence-electron chi connectivity index (χ0n) is 20.1. The van der Waals surface area contributed by atoms with Gasteiger partial charge < -0.3 is 18.9 Å². The van der Waals surface area contributed by atoms with Gasteiger partial charge in [0.2, 0.25) is 6.79 Å². The molecule has 1 saturated heterocycles. The van der Waals surface area contributed by atoms with Crippen molar-refractivity contribution in [2.45, 2.75) is 20.0 Å². The third-order valence-corrected chi connectivity index (χ3v) is 6.36. The van der Waals surface area contributed by atoms with E-state index in [1.54, 1.807) is 13.3 Å². The fraction of sp³-hybridized carbons (Fsp3) is 0.385. The molecule has 1 aromatic heterocycles. The van der Waals surface area contributed by atoms with Gasteiger partial charge in [-0.3, -0.25) is 9.80 Å². The Morgan fingerprint density at radius 1 is 0.971 bits per heavy atom. The minimum Gasteiger partial charge on any atom is -0.497 e. The molecule has 0 atom stereocenters. The molecule has 0 aliphatic carbocycles. The van der Waals surface area contributed by atoms with Crippen molar-refractivity contribution in [2.75, 3.05) is 46.7 Å². The molecule has 0 saturated carbocycles. The van der Waals surface area contributed by atoms with E-state index in [4.69, 9.17) is 18.9 Å². The lowest BCUT2D eigenvalue weighted by Gasteiger charge is -2.34. The maximum atomic E-state index is 12.6. The number of fused-ring (bicyclic) bond motifs is 1. The summed E-state index contributed by atoms with van der Waals surface area (Å²) in [6, 6.07) is 13.8. The Labute approximate surface area is 204 Å². The van der Waals surface area contributed by atoms with Gasteiger partial charge >= 0.3 is 5.97 Å². The minimum atomic E-state index is -0.344. The monoisotopic (exact) mass is 478 g/mol. The molecule has 2 aliphatic rings. The molecule has 0 unspecified atom stereocenters. The van der Waals surface area contributed by atoms with Crippen LogP contribution in [0.4, 0.5) is 0 Å². The van der Waals surface area contributed by atoms with E-state index in [0.29, 0.717) is 25.5 Å². The van der Waals surface area contributed by atoms with Crippen LogP contribution in [0.2, 0.25) is 0 Å². The molecule has 0 bridgehead atoms.